The SMILES string of the molecule is C1=CC2N=CC(c3ncc4ccccc4n3)NC2C=C1. The lowest BCUT2D eigenvalue weighted by molar-refractivity contribution is 0.488. The standard InChI is InChI=1S/C16H14N4/c1-2-6-12-11(5-1)9-18-16(20-12)15-10-17-13-7-3-4-8-14(13)19-15/h1-10,13-15,19H. The average molecular weight is 262 g/mol. The number of nitrogens with one attached hydrogen (secondary N) is 1. The van der Waals surface area contributed by atoms with Gasteiger partial charge in [0.25, 0.3) is 0 Å². The van der Waals surface area contributed by atoms with E-state index in [2.05, 4.69) is 32.4 Å². The zero-order valence-corrected chi connectivity index (χ0v) is 10.8. The molecule has 4 nitrogen and oxygen atoms in total. The number of aromatic nitrogens is 2. The topological polar surface area (TPSA) is 50.2 Å². The van der Waals surface area contributed by atoms with E-state index in [4.69, 9.17) is 0 Å². The first kappa shape index (κ1) is 11.5. The fourth-order valence-electron chi connectivity index (χ4n) is 2.61. The second-order valence-electron chi connectivity index (χ2n) is 5.02. The number of benzene rings is 1. The van der Waals surface area contributed by atoms with Gasteiger partial charge in [0.15, 0.2) is 5.82 Å². The molecule has 1 aliphatic heterocycles. The van der Waals surface area contributed by atoms with Crippen molar-refractivity contribution in [3.8, 4) is 0 Å². The molecule has 2 aliphatic rings. The van der Waals surface area contributed by atoms with E-state index in [1.807, 2.05) is 48.8 Å². The molecule has 98 valence electrons. The maximum absolute atomic E-state index is 4.63. The molecule has 1 N–H and O–H groups in total. The highest BCUT2D eigenvalue weighted by Crippen LogP contribution is 2.20. The highest BCUT2D eigenvalue weighted by atomic mass is 15.1. The lowest BCUT2D eigenvalue weighted by Gasteiger charge is -2.29. The average Bonchev–Trinajstić information content (AvgIpc) is 2.54. The van der Waals surface area contributed by atoms with Crippen LogP contribution in [0.5, 0.6) is 0 Å². The zero-order chi connectivity index (χ0) is 13.4. The van der Waals surface area contributed by atoms with Crippen LogP contribution in [0.25, 0.3) is 10.9 Å². The summed E-state index contributed by atoms with van der Waals surface area (Å²) >= 11 is 0. The van der Waals surface area contributed by atoms with Crippen LogP contribution in [0.2, 0.25) is 0 Å². The molecule has 3 atom stereocenters. The van der Waals surface area contributed by atoms with Gasteiger partial charge >= 0.3 is 0 Å². The van der Waals surface area contributed by atoms with Gasteiger partial charge in [0.1, 0.15) is 6.04 Å². The molecule has 4 heteroatoms. The Bertz CT molecular complexity index is 732. The van der Waals surface area contributed by atoms with Gasteiger partial charge in [-0.05, 0) is 6.07 Å². The molecule has 3 unspecified atom stereocenters. The summed E-state index contributed by atoms with van der Waals surface area (Å²) in [6.45, 7) is 0. The number of nitrogens with zero attached hydrogens (tertiary/aromatic N) is 3. The van der Waals surface area contributed by atoms with E-state index < -0.39 is 0 Å². The molecule has 0 amide bonds. The Balaban J connectivity index is 1.69. The van der Waals surface area contributed by atoms with E-state index in [-0.39, 0.29) is 18.1 Å². The van der Waals surface area contributed by atoms with E-state index in [9.17, 15) is 0 Å². The van der Waals surface area contributed by atoms with Crippen molar-refractivity contribution in [1.82, 2.24) is 15.3 Å². The van der Waals surface area contributed by atoms with Crippen molar-refractivity contribution in [3.63, 3.8) is 0 Å². The highest BCUT2D eigenvalue weighted by Gasteiger charge is 2.26. The molecule has 0 saturated carbocycles. The molecule has 20 heavy (non-hydrogen) atoms. The Morgan fingerprint density at radius 2 is 1.95 bits per heavy atom. The summed E-state index contributed by atoms with van der Waals surface area (Å²) in [5, 5.41) is 4.58. The van der Waals surface area contributed by atoms with Gasteiger partial charge in [0.2, 0.25) is 0 Å². The largest absolute Gasteiger partial charge is 0.294 e. The van der Waals surface area contributed by atoms with Crippen LogP contribution < -0.4 is 5.32 Å². The van der Waals surface area contributed by atoms with Gasteiger partial charge in [-0.3, -0.25) is 10.3 Å². The number of para-hydroxylation sites is 1. The second-order valence-corrected chi connectivity index (χ2v) is 5.02. The van der Waals surface area contributed by atoms with Crippen molar-refractivity contribution in [2.75, 3.05) is 0 Å². The molecule has 2 heterocycles. The summed E-state index contributed by atoms with van der Waals surface area (Å²) in [5.41, 5.74) is 0.967. The molecule has 0 saturated heterocycles. The Labute approximate surface area is 117 Å². The molecule has 0 fully saturated rings. The second kappa shape index (κ2) is 4.65. The molecule has 0 spiro atoms. The maximum atomic E-state index is 4.63. The molecule has 0 bridgehead atoms. The van der Waals surface area contributed by atoms with Crippen LogP contribution in [0.15, 0.2) is 59.8 Å². The van der Waals surface area contributed by atoms with E-state index in [0.29, 0.717) is 0 Å². The number of hydrogen-bond donors (Lipinski definition) is 1. The van der Waals surface area contributed by atoms with Crippen LogP contribution in [0.1, 0.15) is 11.9 Å². The summed E-state index contributed by atoms with van der Waals surface area (Å²) in [4.78, 5) is 13.7. The molecule has 1 aromatic carbocycles. The van der Waals surface area contributed by atoms with E-state index in [1.54, 1.807) is 0 Å². The summed E-state index contributed by atoms with van der Waals surface area (Å²) in [5.74, 6) is 0.772. The molecule has 1 aliphatic carbocycles. The van der Waals surface area contributed by atoms with Crippen LogP contribution in [0, 0.1) is 0 Å². The number of fused-ring (bicyclic) bond motifs is 2. The predicted molar refractivity (Wildman–Crippen MR) is 79.8 cm³/mol. The fraction of sp³-hybridized carbons (Fsp3) is 0.188. The summed E-state index contributed by atoms with van der Waals surface area (Å²) in [7, 11) is 0. The minimum Gasteiger partial charge on any atom is -0.294 e. The molecule has 2 aromatic rings. The Hall–Kier alpha value is -2.33. The quantitative estimate of drug-likeness (QED) is 0.857. The number of rotatable bonds is 1. The highest BCUT2D eigenvalue weighted by molar-refractivity contribution is 5.78. The van der Waals surface area contributed by atoms with Crippen LogP contribution >= 0.6 is 0 Å². The first-order chi connectivity index (χ1) is 9.90. The first-order valence-corrected chi connectivity index (χ1v) is 6.76. The van der Waals surface area contributed by atoms with Crippen molar-refractivity contribution in [2.45, 2.75) is 18.1 Å². The minimum absolute atomic E-state index is 0.0305. The predicted octanol–water partition coefficient (Wildman–Crippen LogP) is 2.21. The van der Waals surface area contributed by atoms with Crippen molar-refractivity contribution in [3.05, 3.63) is 60.6 Å². The normalized spacial score (nSPS) is 27.7. The third-order valence-corrected chi connectivity index (χ3v) is 3.67. The maximum Gasteiger partial charge on any atom is 0.151 e. The number of allylic oxidation sites excluding steroid dienone is 2. The molecule has 0 radical (unpaired) electrons. The van der Waals surface area contributed by atoms with E-state index in [1.165, 1.54) is 0 Å². The van der Waals surface area contributed by atoms with E-state index in [0.717, 1.165) is 16.7 Å². The number of aliphatic imine (C=N–C) groups is 1. The third-order valence-electron chi connectivity index (χ3n) is 3.67. The fourth-order valence-corrected chi connectivity index (χ4v) is 2.61. The first-order valence-electron chi connectivity index (χ1n) is 6.76. The van der Waals surface area contributed by atoms with Crippen molar-refractivity contribution in [2.24, 2.45) is 4.99 Å². The van der Waals surface area contributed by atoms with Gasteiger partial charge in [-0.1, -0.05) is 42.5 Å². The van der Waals surface area contributed by atoms with Crippen LogP contribution in [-0.4, -0.2) is 28.3 Å². The smallest absolute Gasteiger partial charge is 0.151 e. The monoisotopic (exact) mass is 262 g/mol. The van der Waals surface area contributed by atoms with Crippen LogP contribution in [-0.2, 0) is 0 Å². The van der Waals surface area contributed by atoms with Crippen LogP contribution in [0.4, 0.5) is 0 Å². The lowest BCUT2D eigenvalue weighted by atomic mass is 10.00. The number of hydrogen-bond acceptors (Lipinski definition) is 4. The Morgan fingerprint density at radius 3 is 2.95 bits per heavy atom. The van der Waals surface area contributed by atoms with E-state index >= 15 is 0 Å². The third kappa shape index (κ3) is 1.94. The molecular formula is C16H14N4. The van der Waals surface area contributed by atoms with Crippen molar-refractivity contribution >= 4 is 17.1 Å². The molecular weight excluding hydrogens is 248 g/mol. The Morgan fingerprint density at radius 1 is 1.05 bits per heavy atom. The summed E-state index contributed by atoms with van der Waals surface area (Å²) in [6.07, 6.45) is 12.1. The lowest BCUT2D eigenvalue weighted by Crippen LogP contribution is -2.44. The van der Waals surface area contributed by atoms with Gasteiger partial charge in [-0.2, -0.15) is 0 Å². The van der Waals surface area contributed by atoms with Gasteiger partial charge in [0.05, 0.1) is 17.6 Å². The van der Waals surface area contributed by atoms with Crippen molar-refractivity contribution < 1.29 is 0 Å². The summed E-state index contributed by atoms with van der Waals surface area (Å²) in [6, 6.07) is 8.40. The van der Waals surface area contributed by atoms with Gasteiger partial charge in [-0.25, -0.2) is 9.97 Å². The Kier molecular flexibility index (Phi) is 2.67. The van der Waals surface area contributed by atoms with Gasteiger partial charge < -0.3 is 0 Å². The molecule has 1 aromatic heterocycles. The van der Waals surface area contributed by atoms with Gasteiger partial charge in [-0.15, -0.1) is 0 Å². The summed E-state index contributed by atoms with van der Waals surface area (Å²) < 4.78 is 0. The van der Waals surface area contributed by atoms with Crippen molar-refractivity contribution in [1.29, 1.82) is 0 Å². The zero-order valence-electron chi connectivity index (χ0n) is 10.8. The van der Waals surface area contributed by atoms with Crippen LogP contribution in [0.3, 0.4) is 0 Å². The van der Waals surface area contributed by atoms with Gasteiger partial charge in [0, 0.05) is 17.8 Å². The molecule has 4 rings (SSSR count). The minimum atomic E-state index is -0.0305.